The first-order valence-corrected chi connectivity index (χ1v) is 11.5. The number of alkyl carbamates (subject to hydrolysis) is 1. The molecule has 0 aliphatic heterocycles. The minimum absolute atomic E-state index is 0.0427. The summed E-state index contributed by atoms with van der Waals surface area (Å²) in [4.78, 5) is 22.2. The van der Waals surface area contributed by atoms with Gasteiger partial charge in [0.1, 0.15) is 5.60 Å². The number of nitro benzene ring substituents is 1. The van der Waals surface area contributed by atoms with Crippen LogP contribution in [0.4, 0.5) is 10.5 Å². The van der Waals surface area contributed by atoms with Gasteiger partial charge in [0.25, 0.3) is 5.69 Å². The van der Waals surface area contributed by atoms with Crippen molar-refractivity contribution in [2.45, 2.75) is 70.6 Å². The van der Waals surface area contributed by atoms with Crippen LogP contribution in [-0.2, 0) is 14.8 Å². The fourth-order valence-corrected chi connectivity index (χ4v) is 4.45. The number of non-ortho nitro benzene ring substituents is 1. The van der Waals surface area contributed by atoms with E-state index in [4.69, 9.17) is 4.74 Å². The number of hydrogen-bond acceptors (Lipinski definition) is 7. The number of carbonyl (C=O) groups excluding carboxylic acids is 1. The van der Waals surface area contributed by atoms with E-state index >= 15 is 0 Å². The van der Waals surface area contributed by atoms with Crippen molar-refractivity contribution in [3.8, 4) is 0 Å². The van der Waals surface area contributed by atoms with Crippen molar-refractivity contribution in [2.75, 3.05) is 13.1 Å². The number of ether oxygens (including phenoxy) is 1. The molecule has 0 radical (unpaired) electrons. The number of nitrogens with zero attached hydrogens (tertiary/aromatic N) is 2. The summed E-state index contributed by atoms with van der Waals surface area (Å²) in [5.41, 5.74) is -0.932. The van der Waals surface area contributed by atoms with E-state index in [1.54, 1.807) is 27.7 Å². The van der Waals surface area contributed by atoms with Gasteiger partial charge in [-0.1, -0.05) is 20.8 Å². The van der Waals surface area contributed by atoms with Crippen molar-refractivity contribution in [3.05, 3.63) is 34.4 Å². The molecule has 2 N–H and O–H groups in total. The number of hydrogen-bond donors (Lipinski definition) is 2. The molecule has 0 bridgehead atoms. The summed E-state index contributed by atoms with van der Waals surface area (Å²) in [5.74, 6) is -0.0427. The first-order valence-electron chi connectivity index (χ1n) is 10.1. The molecule has 31 heavy (non-hydrogen) atoms. The average molecular weight is 460 g/mol. The maximum Gasteiger partial charge on any atom is 0.407 e. The number of sulfonamides is 1. The van der Waals surface area contributed by atoms with E-state index in [0.29, 0.717) is 6.42 Å². The van der Waals surface area contributed by atoms with Crippen LogP contribution < -0.4 is 5.32 Å². The van der Waals surface area contributed by atoms with E-state index in [9.17, 15) is 28.4 Å². The Morgan fingerprint density at radius 2 is 1.77 bits per heavy atom. The Hall–Kier alpha value is -2.24. The van der Waals surface area contributed by atoms with Crippen molar-refractivity contribution < 1.29 is 28.0 Å². The molecule has 176 valence electrons. The Balaban J connectivity index is 3.06. The molecule has 0 heterocycles. The molecule has 0 saturated heterocycles. The largest absolute Gasteiger partial charge is 0.444 e. The quantitative estimate of drug-likeness (QED) is 0.405. The summed E-state index contributed by atoms with van der Waals surface area (Å²) in [7, 11) is -4.03. The Morgan fingerprint density at radius 3 is 2.19 bits per heavy atom. The maximum atomic E-state index is 13.1. The lowest BCUT2D eigenvalue weighted by molar-refractivity contribution is -0.384. The van der Waals surface area contributed by atoms with Crippen molar-refractivity contribution in [1.29, 1.82) is 0 Å². The van der Waals surface area contributed by atoms with Gasteiger partial charge in [-0.25, -0.2) is 13.2 Å². The van der Waals surface area contributed by atoms with Gasteiger partial charge in [0.2, 0.25) is 10.0 Å². The van der Waals surface area contributed by atoms with Crippen LogP contribution in [0, 0.1) is 16.0 Å². The summed E-state index contributed by atoms with van der Waals surface area (Å²) in [6, 6.07) is 3.86. The van der Waals surface area contributed by atoms with E-state index in [1.807, 2.05) is 13.8 Å². The Labute approximate surface area is 183 Å². The molecule has 0 aliphatic rings. The lowest BCUT2D eigenvalue weighted by Crippen LogP contribution is -2.50. The Kier molecular flexibility index (Phi) is 9.40. The smallest absolute Gasteiger partial charge is 0.407 e. The fourth-order valence-electron chi connectivity index (χ4n) is 2.83. The third-order valence-electron chi connectivity index (χ3n) is 4.25. The van der Waals surface area contributed by atoms with Gasteiger partial charge >= 0.3 is 6.09 Å². The highest BCUT2D eigenvalue weighted by Gasteiger charge is 2.31. The van der Waals surface area contributed by atoms with Crippen LogP contribution in [0.15, 0.2) is 29.2 Å². The third kappa shape index (κ3) is 8.42. The highest BCUT2D eigenvalue weighted by Crippen LogP contribution is 2.21. The van der Waals surface area contributed by atoms with Crippen molar-refractivity contribution >= 4 is 21.8 Å². The second-order valence-electron chi connectivity index (χ2n) is 8.70. The number of benzene rings is 1. The molecule has 1 rings (SSSR count). The van der Waals surface area contributed by atoms with E-state index in [-0.39, 0.29) is 29.6 Å². The summed E-state index contributed by atoms with van der Waals surface area (Å²) < 4.78 is 32.6. The zero-order chi connectivity index (χ0) is 24.0. The standard InChI is InChI=1S/C20H33N3O7S/c1-7-17(21-19(25)30-20(4,5)6)18(24)13-22(12-14(2)3)31(28,29)16-10-8-15(9-11-16)23(26)27/h8-11,14,17-18,24H,7,12-13H2,1-6H3,(H,21,25)/t17-,18+/m0/s1. The minimum atomic E-state index is -4.03. The van der Waals surface area contributed by atoms with Crippen molar-refractivity contribution in [3.63, 3.8) is 0 Å². The topological polar surface area (TPSA) is 139 Å². The number of nitro groups is 1. The van der Waals surface area contributed by atoms with Crippen LogP contribution in [0.3, 0.4) is 0 Å². The van der Waals surface area contributed by atoms with Gasteiger partial charge in [-0.3, -0.25) is 10.1 Å². The molecular weight excluding hydrogens is 426 g/mol. The predicted octanol–water partition coefficient (Wildman–Crippen LogP) is 2.91. The van der Waals surface area contributed by atoms with Crippen LogP contribution in [0.1, 0.15) is 48.0 Å². The van der Waals surface area contributed by atoms with Gasteiger partial charge in [0, 0.05) is 25.2 Å². The third-order valence-corrected chi connectivity index (χ3v) is 6.10. The van der Waals surface area contributed by atoms with Crippen LogP contribution in [0.25, 0.3) is 0 Å². The second-order valence-corrected chi connectivity index (χ2v) is 10.6. The number of aliphatic hydroxyl groups is 1. The molecule has 1 aromatic rings. The van der Waals surface area contributed by atoms with Crippen LogP contribution in [0.5, 0.6) is 0 Å². The normalized spacial score (nSPS) is 14.4. The monoisotopic (exact) mass is 459 g/mol. The van der Waals surface area contributed by atoms with Gasteiger partial charge in [-0.15, -0.1) is 0 Å². The summed E-state index contributed by atoms with van der Waals surface area (Å²) in [6.45, 7) is 10.4. The van der Waals surface area contributed by atoms with Crippen LogP contribution >= 0.6 is 0 Å². The Bertz CT molecular complexity index is 849. The molecule has 0 aliphatic carbocycles. The molecule has 10 nitrogen and oxygen atoms in total. The van der Waals surface area contributed by atoms with Crippen LogP contribution in [-0.4, -0.2) is 59.7 Å². The molecule has 0 aromatic heterocycles. The lowest BCUT2D eigenvalue weighted by atomic mass is 10.1. The predicted molar refractivity (Wildman–Crippen MR) is 116 cm³/mol. The molecule has 0 spiro atoms. The van der Waals surface area contributed by atoms with Gasteiger partial charge in [0.05, 0.1) is 22.0 Å². The number of carbonyl (C=O) groups is 1. The molecule has 2 atom stereocenters. The summed E-state index contributed by atoms with van der Waals surface area (Å²) >= 11 is 0. The number of nitrogens with one attached hydrogen (secondary N) is 1. The van der Waals surface area contributed by atoms with E-state index in [2.05, 4.69) is 5.32 Å². The summed E-state index contributed by atoms with van der Waals surface area (Å²) in [5, 5.41) is 24.1. The number of rotatable bonds is 10. The zero-order valence-corrected chi connectivity index (χ0v) is 19.7. The molecular formula is C20H33N3O7S. The second kappa shape index (κ2) is 10.9. The first-order chi connectivity index (χ1) is 14.2. The average Bonchev–Trinajstić information content (AvgIpc) is 2.63. The molecule has 1 aromatic carbocycles. The molecule has 0 saturated carbocycles. The highest BCUT2D eigenvalue weighted by molar-refractivity contribution is 7.89. The van der Waals surface area contributed by atoms with Gasteiger partial charge in [-0.2, -0.15) is 4.31 Å². The van der Waals surface area contributed by atoms with Gasteiger partial charge < -0.3 is 15.2 Å². The van der Waals surface area contributed by atoms with E-state index in [1.165, 1.54) is 12.1 Å². The molecule has 0 fully saturated rings. The van der Waals surface area contributed by atoms with E-state index in [0.717, 1.165) is 16.4 Å². The molecule has 0 unspecified atom stereocenters. The summed E-state index contributed by atoms with van der Waals surface area (Å²) in [6.07, 6.45) is -1.54. The SMILES string of the molecule is CC[C@H](NC(=O)OC(C)(C)C)[C@H](O)CN(CC(C)C)S(=O)(=O)c1ccc([N+](=O)[O-])cc1. The van der Waals surface area contributed by atoms with Crippen LogP contribution in [0.2, 0.25) is 0 Å². The van der Waals surface area contributed by atoms with Crippen molar-refractivity contribution in [1.82, 2.24) is 9.62 Å². The Morgan fingerprint density at radius 1 is 1.23 bits per heavy atom. The van der Waals surface area contributed by atoms with Crippen molar-refractivity contribution in [2.24, 2.45) is 5.92 Å². The van der Waals surface area contributed by atoms with E-state index < -0.39 is 38.8 Å². The molecule has 1 amide bonds. The number of aliphatic hydroxyl groups excluding tert-OH is 1. The molecule has 11 heteroatoms. The lowest BCUT2D eigenvalue weighted by Gasteiger charge is -2.30. The fraction of sp³-hybridized carbons (Fsp3) is 0.650. The minimum Gasteiger partial charge on any atom is -0.444 e. The highest BCUT2D eigenvalue weighted by atomic mass is 32.2. The first kappa shape index (κ1) is 26.8. The zero-order valence-electron chi connectivity index (χ0n) is 18.9. The van der Waals surface area contributed by atoms with Gasteiger partial charge in [0.15, 0.2) is 0 Å². The van der Waals surface area contributed by atoms with Gasteiger partial charge in [-0.05, 0) is 45.2 Å². The maximum absolute atomic E-state index is 13.1. The number of amides is 1.